The van der Waals surface area contributed by atoms with Gasteiger partial charge in [0, 0.05) is 49.9 Å². The van der Waals surface area contributed by atoms with Gasteiger partial charge in [-0.3, -0.25) is 0 Å². The molecule has 0 fully saturated rings. The molecule has 0 radical (unpaired) electrons. The highest BCUT2D eigenvalue weighted by Gasteiger charge is 2.23. The maximum atomic E-state index is 7.08. The van der Waals surface area contributed by atoms with Gasteiger partial charge in [0.2, 0.25) is 0 Å². The first-order valence-corrected chi connectivity index (χ1v) is 20.1. The molecule has 2 aromatic heterocycles. The van der Waals surface area contributed by atoms with Crippen LogP contribution in [0.4, 0.5) is 17.1 Å². The monoisotopic (exact) mass is 753 g/mol. The summed E-state index contributed by atoms with van der Waals surface area (Å²) in [5, 5.41) is 9.22. The summed E-state index contributed by atoms with van der Waals surface area (Å²) in [5.41, 5.74) is 13.4. The first-order valence-electron chi connectivity index (χ1n) is 20.1. The number of fused-ring (bicyclic) bond motifs is 11. The second-order valence-electron chi connectivity index (χ2n) is 15.2. The minimum Gasteiger partial charge on any atom is -0.455 e. The number of nitrogens with zero attached hydrogens (tertiary/aromatic N) is 1. The van der Waals surface area contributed by atoms with Gasteiger partial charge < -0.3 is 13.7 Å². The summed E-state index contributed by atoms with van der Waals surface area (Å²) in [6.45, 7) is 0. The SMILES string of the molecule is c1ccc(-c2ccc(N(c3ccc(-c4cccc5c4oc4ccccc45)cc3)c3cc(-c4ccccc4)c4c(c3)oc3c5ccccc5c5ccccc5c34)cc2)cc1. The van der Waals surface area contributed by atoms with Crippen LogP contribution in [-0.4, -0.2) is 0 Å². The molecule has 0 aliphatic heterocycles. The molecule has 2 heterocycles. The third kappa shape index (κ3) is 5.36. The fraction of sp³-hybridized carbons (Fsp3) is 0. The smallest absolute Gasteiger partial charge is 0.143 e. The Morgan fingerprint density at radius 3 is 1.47 bits per heavy atom. The van der Waals surface area contributed by atoms with Crippen LogP contribution in [0.3, 0.4) is 0 Å². The predicted molar refractivity (Wildman–Crippen MR) is 247 cm³/mol. The van der Waals surface area contributed by atoms with Gasteiger partial charge in [0.1, 0.15) is 22.3 Å². The zero-order chi connectivity index (χ0) is 38.9. The topological polar surface area (TPSA) is 29.5 Å². The van der Waals surface area contributed by atoms with E-state index in [2.05, 4.69) is 205 Å². The second-order valence-corrected chi connectivity index (χ2v) is 15.2. The van der Waals surface area contributed by atoms with Crippen molar-refractivity contribution >= 4 is 82.5 Å². The van der Waals surface area contributed by atoms with Gasteiger partial charge in [-0.15, -0.1) is 0 Å². The molecule has 0 saturated heterocycles. The van der Waals surface area contributed by atoms with Gasteiger partial charge in [0.25, 0.3) is 0 Å². The van der Waals surface area contributed by atoms with Gasteiger partial charge in [0.15, 0.2) is 0 Å². The Labute approximate surface area is 340 Å². The number of benzene rings is 10. The Hall–Kier alpha value is -7.88. The molecule has 0 unspecified atom stereocenters. The molecule has 0 spiro atoms. The molecule has 0 saturated carbocycles. The van der Waals surface area contributed by atoms with Crippen LogP contribution in [-0.2, 0) is 0 Å². The van der Waals surface area contributed by atoms with Crippen LogP contribution in [0.2, 0.25) is 0 Å². The van der Waals surface area contributed by atoms with Crippen molar-refractivity contribution in [2.75, 3.05) is 4.90 Å². The van der Waals surface area contributed by atoms with E-state index in [1.807, 2.05) is 12.1 Å². The van der Waals surface area contributed by atoms with Crippen LogP contribution in [0.1, 0.15) is 0 Å². The van der Waals surface area contributed by atoms with Crippen LogP contribution in [0, 0.1) is 0 Å². The molecule has 3 heteroatoms. The van der Waals surface area contributed by atoms with E-state index in [9.17, 15) is 0 Å². The lowest BCUT2D eigenvalue weighted by Gasteiger charge is -2.26. The van der Waals surface area contributed by atoms with Crippen LogP contribution in [0.5, 0.6) is 0 Å². The van der Waals surface area contributed by atoms with Crippen molar-refractivity contribution in [3.63, 3.8) is 0 Å². The molecule has 3 nitrogen and oxygen atoms in total. The largest absolute Gasteiger partial charge is 0.455 e. The molecular weight excluding hydrogens is 719 g/mol. The average molecular weight is 754 g/mol. The highest BCUT2D eigenvalue weighted by molar-refractivity contribution is 6.32. The highest BCUT2D eigenvalue weighted by atomic mass is 16.3. The van der Waals surface area contributed by atoms with E-state index in [-0.39, 0.29) is 0 Å². The number of para-hydroxylation sites is 2. The number of furan rings is 2. The Bertz CT molecular complexity index is 3530. The molecular formula is C56H35NO2. The van der Waals surface area contributed by atoms with Gasteiger partial charge in [-0.2, -0.15) is 0 Å². The molecule has 276 valence electrons. The number of rotatable bonds is 6. The quantitative estimate of drug-likeness (QED) is 0.158. The van der Waals surface area contributed by atoms with Gasteiger partial charge in [0.05, 0.1) is 5.69 Å². The van der Waals surface area contributed by atoms with E-state index in [0.29, 0.717) is 0 Å². The third-order valence-corrected chi connectivity index (χ3v) is 11.9. The lowest BCUT2D eigenvalue weighted by Crippen LogP contribution is -2.10. The van der Waals surface area contributed by atoms with Crippen molar-refractivity contribution in [3.05, 3.63) is 212 Å². The van der Waals surface area contributed by atoms with E-state index in [0.717, 1.165) is 88.6 Å². The van der Waals surface area contributed by atoms with Gasteiger partial charge in [-0.1, -0.05) is 170 Å². The van der Waals surface area contributed by atoms with E-state index < -0.39 is 0 Å². The lowest BCUT2D eigenvalue weighted by atomic mass is 9.93. The fourth-order valence-electron chi connectivity index (χ4n) is 9.13. The van der Waals surface area contributed by atoms with Crippen molar-refractivity contribution in [2.24, 2.45) is 0 Å². The molecule has 12 rings (SSSR count). The van der Waals surface area contributed by atoms with Crippen LogP contribution in [0.15, 0.2) is 221 Å². The normalized spacial score (nSPS) is 11.7. The van der Waals surface area contributed by atoms with E-state index >= 15 is 0 Å². The maximum absolute atomic E-state index is 7.08. The summed E-state index contributed by atoms with van der Waals surface area (Å²) in [4.78, 5) is 2.34. The molecule has 0 aliphatic carbocycles. The standard InChI is InChI=1S/C56H35NO2/c1-3-14-36(15-4-1)37-26-30-40(31-27-37)57(41-32-28-39(29-33-41)43-23-13-24-49-46-20-11-12-25-51(46)58-55(43)49)42-34-50(38-16-5-2-6-17-38)53-52(35-42)59-56-48-22-10-8-19-45(48)44-18-7-9-21-47(44)54(53)56/h1-35H. The molecule has 0 amide bonds. The summed E-state index contributed by atoms with van der Waals surface area (Å²) in [7, 11) is 0. The minimum absolute atomic E-state index is 0.844. The van der Waals surface area contributed by atoms with Crippen molar-refractivity contribution in [2.45, 2.75) is 0 Å². The first kappa shape index (κ1) is 33.3. The summed E-state index contributed by atoms with van der Waals surface area (Å²) >= 11 is 0. The number of anilines is 3. The van der Waals surface area contributed by atoms with Crippen LogP contribution < -0.4 is 4.90 Å². The molecule has 0 atom stereocenters. The summed E-state index contributed by atoms with van der Waals surface area (Å²) in [6.07, 6.45) is 0. The lowest BCUT2D eigenvalue weighted by molar-refractivity contribution is 0.670. The average Bonchev–Trinajstić information content (AvgIpc) is 3.90. The Morgan fingerprint density at radius 2 is 0.763 bits per heavy atom. The highest BCUT2D eigenvalue weighted by Crippen LogP contribution is 2.48. The Morgan fingerprint density at radius 1 is 0.271 bits per heavy atom. The number of hydrogen-bond acceptors (Lipinski definition) is 3. The Balaban J connectivity index is 1.09. The fourth-order valence-corrected chi connectivity index (χ4v) is 9.13. The van der Waals surface area contributed by atoms with Gasteiger partial charge >= 0.3 is 0 Å². The van der Waals surface area contributed by atoms with Gasteiger partial charge in [-0.05, 0) is 80.4 Å². The minimum atomic E-state index is 0.844. The zero-order valence-electron chi connectivity index (χ0n) is 32.0. The predicted octanol–water partition coefficient (Wildman–Crippen LogP) is 16.3. The molecule has 0 aliphatic rings. The second kappa shape index (κ2) is 13.4. The number of hydrogen-bond donors (Lipinski definition) is 0. The van der Waals surface area contributed by atoms with Crippen molar-refractivity contribution in [3.8, 4) is 33.4 Å². The summed E-state index contributed by atoms with van der Waals surface area (Å²) in [6, 6.07) is 75.5. The maximum Gasteiger partial charge on any atom is 0.143 e. The van der Waals surface area contributed by atoms with Crippen molar-refractivity contribution in [1.29, 1.82) is 0 Å². The van der Waals surface area contributed by atoms with Crippen LogP contribution >= 0.6 is 0 Å². The molecule has 10 aromatic carbocycles. The molecule has 0 N–H and O–H groups in total. The van der Waals surface area contributed by atoms with Gasteiger partial charge in [-0.25, -0.2) is 0 Å². The third-order valence-electron chi connectivity index (χ3n) is 11.9. The summed E-state index contributed by atoms with van der Waals surface area (Å²) in [5.74, 6) is 0. The first-order chi connectivity index (χ1) is 29.3. The molecule has 0 bridgehead atoms. The van der Waals surface area contributed by atoms with Crippen molar-refractivity contribution < 1.29 is 8.83 Å². The molecule has 12 aromatic rings. The van der Waals surface area contributed by atoms with Crippen LogP contribution in [0.25, 0.3) is 98.8 Å². The summed E-state index contributed by atoms with van der Waals surface area (Å²) < 4.78 is 13.5. The van der Waals surface area contributed by atoms with E-state index in [4.69, 9.17) is 8.83 Å². The van der Waals surface area contributed by atoms with E-state index in [1.165, 1.54) is 27.3 Å². The molecule has 59 heavy (non-hydrogen) atoms. The van der Waals surface area contributed by atoms with E-state index in [1.54, 1.807) is 0 Å². The zero-order valence-corrected chi connectivity index (χ0v) is 32.0. The Kier molecular flexibility index (Phi) is 7.54. The van der Waals surface area contributed by atoms with Crippen molar-refractivity contribution in [1.82, 2.24) is 0 Å².